The van der Waals surface area contributed by atoms with Crippen LogP contribution < -0.4 is 0 Å². The topological polar surface area (TPSA) is 34.1 Å². The third-order valence-electron chi connectivity index (χ3n) is 3.80. The van der Waals surface area contributed by atoms with Crippen LogP contribution in [0.25, 0.3) is 0 Å². The van der Waals surface area contributed by atoms with E-state index in [9.17, 15) is 8.42 Å². The molecule has 3 rings (SSSR count). The van der Waals surface area contributed by atoms with Gasteiger partial charge in [0.05, 0.1) is 10.1 Å². The lowest BCUT2D eigenvalue weighted by molar-refractivity contribution is 0.581. The Morgan fingerprint density at radius 2 is 1.68 bits per heavy atom. The fourth-order valence-electron chi connectivity index (χ4n) is 2.73. The van der Waals surface area contributed by atoms with E-state index in [2.05, 4.69) is 0 Å². The molecule has 2 aromatic carbocycles. The minimum atomic E-state index is -3.27. The summed E-state index contributed by atoms with van der Waals surface area (Å²) in [5.74, 6) is 0. The fourth-order valence-corrected chi connectivity index (χ4v) is 4.57. The minimum absolute atomic E-state index is 0.383. The lowest BCUT2D eigenvalue weighted by Gasteiger charge is -2.13. The Balaban J connectivity index is 2.05. The highest BCUT2D eigenvalue weighted by molar-refractivity contribution is 7.91. The Labute approximate surface area is 114 Å². The third kappa shape index (κ3) is 2.08. The normalized spacial score (nSPS) is 18.3. The van der Waals surface area contributed by atoms with Gasteiger partial charge in [-0.2, -0.15) is 0 Å². The van der Waals surface area contributed by atoms with Crippen LogP contribution in [-0.4, -0.2) is 8.42 Å². The van der Waals surface area contributed by atoms with Gasteiger partial charge in [0.1, 0.15) is 0 Å². The van der Waals surface area contributed by atoms with Gasteiger partial charge in [-0.1, -0.05) is 42.0 Å². The predicted octanol–water partition coefficient (Wildman–Crippen LogP) is 3.46. The van der Waals surface area contributed by atoms with Gasteiger partial charge >= 0.3 is 0 Å². The first-order valence-corrected chi connectivity index (χ1v) is 8.02. The Kier molecular flexibility index (Phi) is 2.94. The summed E-state index contributed by atoms with van der Waals surface area (Å²) in [6.45, 7) is 1.96. The van der Waals surface area contributed by atoms with E-state index >= 15 is 0 Å². The van der Waals surface area contributed by atoms with Crippen LogP contribution >= 0.6 is 0 Å². The fraction of sp³-hybridized carbons (Fsp3) is 0.250. The predicted molar refractivity (Wildman–Crippen MR) is 75.9 cm³/mol. The van der Waals surface area contributed by atoms with Crippen molar-refractivity contribution in [3.8, 4) is 0 Å². The second-order valence-corrected chi connectivity index (χ2v) is 7.21. The molecule has 0 spiro atoms. The molecule has 1 aliphatic rings. The molecular formula is C16H16O2S. The first-order valence-electron chi connectivity index (χ1n) is 6.47. The highest BCUT2D eigenvalue weighted by atomic mass is 32.2. The van der Waals surface area contributed by atoms with Gasteiger partial charge < -0.3 is 0 Å². The van der Waals surface area contributed by atoms with Gasteiger partial charge in [-0.3, -0.25) is 0 Å². The van der Waals surface area contributed by atoms with Crippen LogP contribution in [-0.2, 0) is 16.3 Å². The van der Waals surface area contributed by atoms with Gasteiger partial charge in [-0.15, -0.1) is 0 Å². The molecule has 0 N–H and O–H groups in total. The van der Waals surface area contributed by atoms with Crippen LogP contribution in [0.3, 0.4) is 0 Å². The van der Waals surface area contributed by atoms with Crippen LogP contribution in [0, 0.1) is 6.92 Å². The maximum Gasteiger partial charge on any atom is 0.185 e. The van der Waals surface area contributed by atoms with Crippen LogP contribution in [0.15, 0.2) is 53.4 Å². The van der Waals surface area contributed by atoms with E-state index in [0.29, 0.717) is 11.3 Å². The summed E-state index contributed by atoms with van der Waals surface area (Å²) < 4.78 is 25.4. The van der Waals surface area contributed by atoms with Crippen molar-refractivity contribution in [2.24, 2.45) is 0 Å². The monoisotopic (exact) mass is 272 g/mol. The van der Waals surface area contributed by atoms with Gasteiger partial charge in [0.2, 0.25) is 0 Å². The second kappa shape index (κ2) is 4.49. The summed E-state index contributed by atoms with van der Waals surface area (Å²) in [5.41, 5.74) is 3.22. The lowest BCUT2D eigenvalue weighted by atomic mass is 10.1. The molecule has 0 aliphatic heterocycles. The molecule has 2 nitrogen and oxygen atoms in total. The molecular weight excluding hydrogens is 256 g/mol. The third-order valence-corrected chi connectivity index (χ3v) is 5.97. The first kappa shape index (κ1) is 12.4. The van der Waals surface area contributed by atoms with E-state index in [-0.39, 0.29) is 5.25 Å². The Bertz CT molecular complexity index is 700. The molecule has 0 saturated carbocycles. The van der Waals surface area contributed by atoms with Gasteiger partial charge in [-0.25, -0.2) is 8.42 Å². The lowest BCUT2D eigenvalue weighted by Crippen LogP contribution is -2.11. The van der Waals surface area contributed by atoms with Crippen molar-refractivity contribution in [1.82, 2.24) is 0 Å². The largest absolute Gasteiger partial charge is 0.223 e. The molecule has 0 fully saturated rings. The van der Waals surface area contributed by atoms with Crippen molar-refractivity contribution >= 4 is 9.84 Å². The highest BCUT2D eigenvalue weighted by Gasteiger charge is 2.34. The molecule has 1 atom stereocenters. The van der Waals surface area contributed by atoms with Crippen LogP contribution in [0.1, 0.15) is 28.4 Å². The van der Waals surface area contributed by atoms with E-state index in [1.54, 1.807) is 12.1 Å². The highest BCUT2D eigenvalue weighted by Crippen LogP contribution is 2.39. The summed E-state index contributed by atoms with van der Waals surface area (Å²) in [7, 11) is -3.27. The molecule has 1 aliphatic carbocycles. The number of sulfone groups is 1. The summed E-state index contributed by atoms with van der Waals surface area (Å²) >= 11 is 0. The molecule has 2 aromatic rings. The zero-order valence-corrected chi connectivity index (χ0v) is 11.7. The Morgan fingerprint density at radius 1 is 1.00 bits per heavy atom. The first-order chi connectivity index (χ1) is 9.09. The van der Waals surface area contributed by atoms with Crippen LogP contribution in [0.4, 0.5) is 0 Å². The molecule has 0 bridgehead atoms. The van der Waals surface area contributed by atoms with Gasteiger partial charge in [0.25, 0.3) is 0 Å². The zero-order chi connectivity index (χ0) is 13.5. The summed E-state index contributed by atoms with van der Waals surface area (Å²) in [6, 6.07) is 15.0. The van der Waals surface area contributed by atoms with Crippen molar-refractivity contribution in [3.63, 3.8) is 0 Å². The zero-order valence-electron chi connectivity index (χ0n) is 10.8. The van der Waals surface area contributed by atoms with E-state index in [1.807, 2.05) is 43.3 Å². The smallest absolute Gasteiger partial charge is 0.185 e. The van der Waals surface area contributed by atoms with Crippen LogP contribution in [0.5, 0.6) is 0 Å². The van der Waals surface area contributed by atoms with Gasteiger partial charge in [0.15, 0.2) is 9.84 Å². The van der Waals surface area contributed by atoms with E-state index in [0.717, 1.165) is 17.5 Å². The molecule has 3 heteroatoms. The SMILES string of the molecule is Cc1ccc(S(=O)(=O)C2CCc3ccccc32)cc1. The molecule has 19 heavy (non-hydrogen) atoms. The molecule has 98 valence electrons. The van der Waals surface area contributed by atoms with Crippen molar-refractivity contribution in [3.05, 3.63) is 65.2 Å². The quantitative estimate of drug-likeness (QED) is 0.839. The van der Waals surface area contributed by atoms with Crippen LogP contribution in [0.2, 0.25) is 0 Å². The second-order valence-electron chi connectivity index (χ2n) is 5.08. The molecule has 0 radical (unpaired) electrons. The average Bonchev–Trinajstić information content (AvgIpc) is 2.83. The number of hydrogen-bond acceptors (Lipinski definition) is 2. The van der Waals surface area contributed by atoms with E-state index < -0.39 is 9.84 Å². The minimum Gasteiger partial charge on any atom is -0.223 e. The van der Waals surface area contributed by atoms with Crippen molar-refractivity contribution in [2.75, 3.05) is 0 Å². The average molecular weight is 272 g/mol. The molecule has 0 heterocycles. The maximum absolute atomic E-state index is 12.7. The molecule has 0 aromatic heterocycles. The number of benzene rings is 2. The number of aryl methyl sites for hydroxylation is 2. The number of rotatable bonds is 2. The number of fused-ring (bicyclic) bond motifs is 1. The Morgan fingerprint density at radius 3 is 2.42 bits per heavy atom. The standard InChI is InChI=1S/C16H16O2S/c1-12-6-9-14(10-7-12)19(17,18)16-11-8-13-4-2-3-5-15(13)16/h2-7,9-10,16H,8,11H2,1H3. The van der Waals surface area contributed by atoms with Gasteiger partial charge in [-0.05, 0) is 43.0 Å². The van der Waals surface area contributed by atoms with E-state index in [4.69, 9.17) is 0 Å². The summed E-state index contributed by atoms with van der Waals surface area (Å²) in [5, 5.41) is -0.383. The number of hydrogen-bond donors (Lipinski definition) is 0. The van der Waals surface area contributed by atoms with Crippen molar-refractivity contribution in [1.29, 1.82) is 0 Å². The molecule has 0 saturated heterocycles. The Hall–Kier alpha value is -1.61. The molecule has 1 unspecified atom stereocenters. The summed E-state index contributed by atoms with van der Waals surface area (Å²) in [6.07, 6.45) is 1.54. The van der Waals surface area contributed by atoms with Crippen molar-refractivity contribution < 1.29 is 8.42 Å². The maximum atomic E-state index is 12.7. The van der Waals surface area contributed by atoms with E-state index in [1.165, 1.54) is 5.56 Å². The summed E-state index contributed by atoms with van der Waals surface area (Å²) in [4.78, 5) is 0.430. The van der Waals surface area contributed by atoms with Gasteiger partial charge in [0, 0.05) is 0 Å². The molecule has 0 amide bonds. The van der Waals surface area contributed by atoms with Crippen molar-refractivity contribution in [2.45, 2.75) is 29.9 Å².